The van der Waals surface area contributed by atoms with Gasteiger partial charge >= 0.3 is 11.9 Å². The first kappa shape index (κ1) is 19.0. The van der Waals surface area contributed by atoms with E-state index >= 15 is 0 Å². The van der Waals surface area contributed by atoms with Crippen LogP contribution in [-0.4, -0.2) is 38.2 Å². The second kappa shape index (κ2) is 9.87. The molecule has 23 heavy (non-hydrogen) atoms. The van der Waals surface area contributed by atoms with Crippen molar-refractivity contribution in [2.24, 2.45) is 0 Å². The zero-order valence-electron chi connectivity index (χ0n) is 14.6. The lowest BCUT2D eigenvalue weighted by atomic mass is 10.0. The highest BCUT2D eigenvalue weighted by Crippen LogP contribution is 2.27. The minimum absolute atomic E-state index is 0.0384. The number of nitrogens with zero attached hydrogens (tertiary/aromatic N) is 1. The van der Waals surface area contributed by atoms with E-state index in [-0.39, 0.29) is 25.0 Å². The molecule has 5 nitrogen and oxygen atoms in total. The number of hydrogen-bond donors (Lipinski definition) is 0. The molecule has 0 atom stereocenters. The third kappa shape index (κ3) is 5.58. The molecule has 0 heterocycles. The maximum absolute atomic E-state index is 11.9. The Morgan fingerprint density at radius 3 is 1.65 bits per heavy atom. The van der Waals surface area contributed by atoms with E-state index in [1.807, 2.05) is 18.2 Å². The van der Waals surface area contributed by atoms with Gasteiger partial charge in [-0.15, -0.1) is 0 Å². The van der Waals surface area contributed by atoms with Crippen LogP contribution in [0.3, 0.4) is 0 Å². The van der Waals surface area contributed by atoms with Gasteiger partial charge in [-0.25, -0.2) is 0 Å². The largest absolute Gasteiger partial charge is 0.465 e. The third-order valence-corrected chi connectivity index (χ3v) is 3.53. The van der Waals surface area contributed by atoms with E-state index in [1.165, 1.54) is 0 Å². The Hall–Kier alpha value is -2.04. The third-order valence-electron chi connectivity index (χ3n) is 3.53. The van der Waals surface area contributed by atoms with E-state index in [9.17, 15) is 9.59 Å². The normalized spacial score (nSPS) is 10.3. The van der Waals surface area contributed by atoms with Crippen molar-refractivity contribution in [1.29, 1.82) is 0 Å². The van der Waals surface area contributed by atoms with E-state index in [1.54, 1.807) is 18.7 Å². The Kier molecular flexibility index (Phi) is 8.16. The van der Waals surface area contributed by atoms with Crippen molar-refractivity contribution in [3.05, 3.63) is 29.3 Å². The van der Waals surface area contributed by atoms with Gasteiger partial charge in [0, 0.05) is 5.69 Å². The summed E-state index contributed by atoms with van der Waals surface area (Å²) >= 11 is 0. The smallest absolute Gasteiger partial charge is 0.325 e. The number of esters is 2. The summed E-state index contributed by atoms with van der Waals surface area (Å²) in [6.07, 6.45) is 1.65. The summed E-state index contributed by atoms with van der Waals surface area (Å²) in [7, 11) is 0. The number of carbonyl (C=O) groups is 2. The molecule has 5 heteroatoms. The number of hydrogen-bond acceptors (Lipinski definition) is 5. The molecule has 0 aliphatic carbocycles. The van der Waals surface area contributed by atoms with Crippen molar-refractivity contribution < 1.29 is 19.1 Å². The fraction of sp³-hybridized carbons (Fsp3) is 0.556. The van der Waals surface area contributed by atoms with Gasteiger partial charge in [0.2, 0.25) is 0 Å². The molecule has 0 aliphatic heterocycles. The van der Waals surface area contributed by atoms with E-state index in [4.69, 9.17) is 9.47 Å². The first-order valence-corrected chi connectivity index (χ1v) is 8.24. The fourth-order valence-electron chi connectivity index (χ4n) is 2.56. The van der Waals surface area contributed by atoms with Crippen molar-refractivity contribution in [1.82, 2.24) is 0 Å². The van der Waals surface area contributed by atoms with Crippen molar-refractivity contribution in [2.45, 2.75) is 40.5 Å². The molecule has 0 unspecified atom stereocenters. The van der Waals surface area contributed by atoms with Crippen molar-refractivity contribution in [3.63, 3.8) is 0 Å². The number of anilines is 1. The monoisotopic (exact) mass is 321 g/mol. The van der Waals surface area contributed by atoms with Crippen LogP contribution >= 0.6 is 0 Å². The van der Waals surface area contributed by atoms with Crippen LogP contribution in [-0.2, 0) is 31.9 Å². The van der Waals surface area contributed by atoms with Crippen LogP contribution in [0.5, 0.6) is 0 Å². The summed E-state index contributed by atoms with van der Waals surface area (Å²) in [6, 6.07) is 6.06. The molecule has 1 rings (SSSR count). The standard InChI is InChI=1S/C18H27NO4/c1-5-14-10-9-11-15(6-2)18(14)19(12-16(20)22-7-3)13-17(21)23-8-4/h9-11H,5-8,12-13H2,1-4H3. The second-order valence-electron chi connectivity index (χ2n) is 5.10. The molecule has 0 radical (unpaired) electrons. The van der Waals surface area contributed by atoms with Crippen LogP contribution in [0.2, 0.25) is 0 Å². The van der Waals surface area contributed by atoms with Gasteiger partial charge in [0.1, 0.15) is 13.1 Å². The zero-order chi connectivity index (χ0) is 17.2. The van der Waals surface area contributed by atoms with Crippen LogP contribution in [0.25, 0.3) is 0 Å². The summed E-state index contributed by atoms with van der Waals surface area (Å²) in [5.74, 6) is -0.686. The molecular weight excluding hydrogens is 294 g/mol. The molecule has 0 aromatic heterocycles. The Morgan fingerprint density at radius 2 is 1.30 bits per heavy atom. The topological polar surface area (TPSA) is 55.8 Å². The summed E-state index contributed by atoms with van der Waals surface area (Å²) in [6.45, 7) is 8.38. The number of carbonyl (C=O) groups excluding carboxylic acids is 2. The number of aryl methyl sites for hydroxylation is 2. The van der Waals surface area contributed by atoms with Gasteiger partial charge in [-0.1, -0.05) is 32.0 Å². The number of para-hydroxylation sites is 1. The lowest BCUT2D eigenvalue weighted by Gasteiger charge is -2.27. The van der Waals surface area contributed by atoms with Crippen LogP contribution < -0.4 is 4.90 Å². The van der Waals surface area contributed by atoms with Crippen LogP contribution in [0.4, 0.5) is 5.69 Å². The predicted octanol–water partition coefficient (Wildman–Crippen LogP) is 2.74. The molecule has 0 saturated heterocycles. The Labute approximate surface area is 138 Å². The van der Waals surface area contributed by atoms with E-state index < -0.39 is 0 Å². The van der Waals surface area contributed by atoms with Gasteiger partial charge in [-0.3, -0.25) is 9.59 Å². The summed E-state index contributed by atoms with van der Waals surface area (Å²) in [5, 5.41) is 0. The average Bonchev–Trinajstić information content (AvgIpc) is 2.53. The molecule has 0 amide bonds. The van der Waals surface area contributed by atoms with E-state index in [0.717, 1.165) is 29.7 Å². The molecule has 1 aromatic rings. The van der Waals surface area contributed by atoms with Gasteiger partial charge in [-0.2, -0.15) is 0 Å². The number of rotatable bonds is 9. The Bertz CT molecular complexity index is 486. The Morgan fingerprint density at radius 1 is 0.870 bits per heavy atom. The van der Waals surface area contributed by atoms with Gasteiger partial charge < -0.3 is 14.4 Å². The molecule has 0 saturated carbocycles. The fourth-order valence-corrected chi connectivity index (χ4v) is 2.56. The average molecular weight is 321 g/mol. The number of ether oxygens (including phenoxy) is 2. The highest BCUT2D eigenvalue weighted by molar-refractivity contribution is 5.82. The molecule has 0 bridgehead atoms. The molecular formula is C18H27NO4. The summed E-state index contributed by atoms with van der Waals surface area (Å²) in [5.41, 5.74) is 3.16. The minimum atomic E-state index is -0.343. The van der Waals surface area contributed by atoms with E-state index in [0.29, 0.717) is 13.2 Å². The Balaban J connectivity index is 3.16. The minimum Gasteiger partial charge on any atom is -0.465 e. The van der Waals surface area contributed by atoms with E-state index in [2.05, 4.69) is 13.8 Å². The van der Waals surface area contributed by atoms with Gasteiger partial charge in [0.15, 0.2) is 0 Å². The maximum atomic E-state index is 11.9. The quantitative estimate of drug-likeness (QED) is 0.655. The first-order valence-electron chi connectivity index (χ1n) is 8.24. The van der Waals surface area contributed by atoms with Crippen molar-refractivity contribution in [2.75, 3.05) is 31.2 Å². The van der Waals surface area contributed by atoms with Crippen molar-refractivity contribution in [3.8, 4) is 0 Å². The lowest BCUT2D eigenvalue weighted by molar-refractivity contribution is -0.142. The molecule has 0 N–H and O–H groups in total. The summed E-state index contributed by atoms with van der Waals surface area (Å²) in [4.78, 5) is 25.7. The van der Waals surface area contributed by atoms with Crippen molar-refractivity contribution >= 4 is 17.6 Å². The first-order chi connectivity index (χ1) is 11.1. The highest BCUT2D eigenvalue weighted by atomic mass is 16.5. The molecule has 0 fully saturated rings. The SMILES string of the molecule is CCOC(=O)CN(CC(=O)OCC)c1c(CC)cccc1CC. The molecule has 0 aliphatic rings. The summed E-state index contributed by atoms with van der Waals surface area (Å²) < 4.78 is 10.1. The van der Waals surface area contributed by atoms with Crippen LogP contribution in [0.15, 0.2) is 18.2 Å². The van der Waals surface area contributed by atoms with Crippen LogP contribution in [0.1, 0.15) is 38.8 Å². The second-order valence-corrected chi connectivity index (χ2v) is 5.10. The predicted molar refractivity (Wildman–Crippen MR) is 90.7 cm³/mol. The number of benzene rings is 1. The molecule has 1 aromatic carbocycles. The van der Waals surface area contributed by atoms with Crippen LogP contribution in [0, 0.1) is 0 Å². The molecule has 0 spiro atoms. The highest BCUT2D eigenvalue weighted by Gasteiger charge is 2.21. The zero-order valence-corrected chi connectivity index (χ0v) is 14.6. The van der Waals surface area contributed by atoms with Gasteiger partial charge in [0.25, 0.3) is 0 Å². The maximum Gasteiger partial charge on any atom is 0.325 e. The molecule has 128 valence electrons. The van der Waals surface area contributed by atoms with Gasteiger partial charge in [0.05, 0.1) is 13.2 Å². The lowest BCUT2D eigenvalue weighted by Crippen LogP contribution is -2.37. The van der Waals surface area contributed by atoms with Gasteiger partial charge in [-0.05, 0) is 37.8 Å².